The standard InChI is InChI=1S/C28H27F3N4O6/c1-3-40-26(38)24-16(2)32-27(39)34-21(24)15-41-23(36)12-10-19-25(37)35(14-17-7-5-4-6-8-17)22-11-9-18(28(29,30)31)13-20(22)33-19/h4-9,11,13,16H,3,10,12,14-15H2,1-2H3,(H2,32,34,39)/t16-/m0/s1. The minimum Gasteiger partial charge on any atom is -0.463 e. The molecule has 4 rings (SSSR count). The van der Waals surface area contributed by atoms with Crippen LogP contribution < -0.4 is 16.2 Å². The van der Waals surface area contributed by atoms with Crippen LogP contribution in [0.15, 0.2) is 64.6 Å². The predicted molar refractivity (Wildman–Crippen MR) is 141 cm³/mol. The highest BCUT2D eigenvalue weighted by molar-refractivity contribution is 5.94. The Bertz CT molecular complexity index is 1570. The molecule has 0 saturated heterocycles. The first-order valence-electron chi connectivity index (χ1n) is 12.8. The SMILES string of the molecule is CCOC(=O)C1=C(COC(=O)CCc2nc3cc(C(F)(F)F)ccc3n(Cc3ccccc3)c2=O)NC(=O)N[C@H]1C. The van der Waals surface area contributed by atoms with Crippen molar-refractivity contribution in [1.29, 1.82) is 0 Å². The zero-order valence-corrected chi connectivity index (χ0v) is 22.2. The van der Waals surface area contributed by atoms with Crippen molar-refractivity contribution in [2.24, 2.45) is 0 Å². The number of rotatable bonds is 9. The summed E-state index contributed by atoms with van der Waals surface area (Å²) in [6.07, 6.45) is -5.16. The quantitative estimate of drug-likeness (QED) is 0.376. The Morgan fingerprint density at radius 1 is 1.07 bits per heavy atom. The molecule has 0 unspecified atom stereocenters. The van der Waals surface area contributed by atoms with Gasteiger partial charge in [0.05, 0.1) is 53.5 Å². The molecule has 0 fully saturated rings. The van der Waals surface area contributed by atoms with E-state index in [9.17, 15) is 32.3 Å². The summed E-state index contributed by atoms with van der Waals surface area (Å²) < 4.78 is 51.7. The number of hydrogen-bond donors (Lipinski definition) is 2. The largest absolute Gasteiger partial charge is 0.463 e. The Morgan fingerprint density at radius 3 is 2.49 bits per heavy atom. The highest BCUT2D eigenvalue weighted by Crippen LogP contribution is 2.31. The van der Waals surface area contributed by atoms with Gasteiger partial charge in [-0.2, -0.15) is 13.2 Å². The highest BCUT2D eigenvalue weighted by Gasteiger charge is 2.32. The average molecular weight is 573 g/mol. The van der Waals surface area contributed by atoms with E-state index >= 15 is 0 Å². The van der Waals surface area contributed by atoms with Crippen LogP contribution in [0.25, 0.3) is 11.0 Å². The van der Waals surface area contributed by atoms with Crippen LogP contribution in [-0.4, -0.2) is 46.8 Å². The molecule has 1 aliphatic heterocycles. The fourth-order valence-corrected chi connectivity index (χ4v) is 4.40. The molecule has 0 bridgehead atoms. The van der Waals surface area contributed by atoms with Crippen molar-refractivity contribution in [2.75, 3.05) is 13.2 Å². The van der Waals surface area contributed by atoms with Crippen molar-refractivity contribution in [3.63, 3.8) is 0 Å². The molecule has 13 heteroatoms. The maximum atomic E-state index is 13.4. The van der Waals surface area contributed by atoms with Crippen molar-refractivity contribution in [3.8, 4) is 0 Å². The molecule has 2 N–H and O–H groups in total. The number of carbonyl (C=O) groups is 3. The van der Waals surface area contributed by atoms with Gasteiger partial charge < -0.3 is 24.7 Å². The number of urea groups is 1. The zero-order chi connectivity index (χ0) is 29.7. The third kappa shape index (κ3) is 6.91. The van der Waals surface area contributed by atoms with Crippen LogP contribution in [0.1, 0.15) is 37.1 Å². The van der Waals surface area contributed by atoms with Crippen LogP contribution in [0.4, 0.5) is 18.0 Å². The predicted octanol–water partition coefficient (Wildman–Crippen LogP) is 3.46. The lowest BCUT2D eigenvalue weighted by Crippen LogP contribution is -2.50. The molecule has 3 aromatic rings. The van der Waals surface area contributed by atoms with Gasteiger partial charge in [-0.3, -0.25) is 9.59 Å². The third-order valence-corrected chi connectivity index (χ3v) is 6.33. The monoisotopic (exact) mass is 572 g/mol. The van der Waals surface area contributed by atoms with Crippen molar-refractivity contribution in [2.45, 2.75) is 45.5 Å². The summed E-state index contributed by atoms with van der Waals surface area (Å²) >= 11 is 0. The second-order valence-corrected chi connectivity index (χ2v) is 9.23. The normalized spacial score (nSPS) is 15.3. The second kappa shape index (κ2) is 12.2. The van der Waals surface area contributed by atoms with E-state index in [4.69, 9.17) is 9.47 Å². The van der Waals surface area contributed by atoms with Gasteiger partial charge in [0.2, 0.25) is 0 Å². The van der Waals surface area contributed by atoms with Gasteiger partial charge in [-0.1, -0.05) is 30.3 Å². The van der Waals surface area contributed by atoms with E-state index in [1.807, 2.05) is 0 Å². The van der Waals surface area contributed by atoms with Crippen molar-refractivity contribution < 1.29 is 37.0 Å². The smallest absolute Gasteiger partial charge is 0.416 e. The number of benzene rings is 2. The van der Waals surface area contributed by atoms with Gasteiger partial charge in [-0.25, -0.2) is 14.6 Å². The number of ether oxygens (including phenoxy) is 2. The van der Waals surface area contributed by atoms with Gasteiger partial charge in [0.15, 0.2) is 0 Å². The number of esters is 2. The summed E-state index contributed by atoms with van der Waals surface area (Å²) in [6, 6.07) is 10.6. The minimum atomic E-state index is -4.61. The fraction of sp³-hybridized carbons (Fsp3) is 0.321. The molecule has 0 aliphatic carbocycles. The summed E-state index contributed by atoms with van der Waals surface area (Å²) in [5.74, 6) is -1.46. The summed E-state index contributed by atoms with van der Waals surface area (Å²) in [5, 5.41) is 4.96. The van der Waals surface area contributed by atoms with E-state index in [0.717, 1.165) is 17.7 Å². The van der Waals surface area contributed by atoms with E-state index in [1.54, 1.807) is 44.2 Å². The summed E-state index contributed by atoms with van der Waals surface area (Å²) in [6.45, 7) is 2.93. The average Bonchev–Trinajstić information content (AvgIpc) is 2.92. The van der Waals surface area contributed by atoms with Crippen LogP contribution in [0, 0.1) is 0 Å². The molecule has 41 heavy (non-hydrogen) atoms. The van der Waals surface area contributed by atoms with Crippen LogP contribution >= 0.6 is 0 Å². The van der Waals surface area contributed by atoms with Crippen LogP contribution in [0.3, 0.4) is 0 Å². The van der Waals surface area contributed by atoms with Crippen LogP contribution in [0.2, 0.25) is 0 Å². The maximum absolute atomic E-state index is 13.4. The van der Waals surface area contributed by atoms with Gasteiger partial charge in [0.25, 0.3) is 5.56 Å². The number of halogens is 3. The molecule has 10 nitrogen and oxygen atoms in total. The van der Waals surface area contributed by atoms with Crippen LogP contribution in [0.5, 0.6) is 0 Å². The van der Waals surface area contributed by atoms with E-state index in [1.165, 1.54) is 10.6 Å². The minimum absolute atomic E-state index is 0.0469. The van der Waals surface area contributed by atoms with Crippen LogP contribution in [-0.2, 0) is 38.2 Å². The molecule has 0 spiro atoms. The molecular formula is C28H27F3N4O6. The van der Waals surface area contributed by atoms with Crippen molar-refractivity contribution >= 4 is 29.0 Å². The topological polar surface area (TPSA) is 129 Å². The number of carbonyl (C=O) groups excluding carboxylic acids is 3. The fourth-order valence-electron chi connectivity index (χ4n) is 4.40. The Hall–Kier alpha value is -4.68. The lowest BCUT2D eigenvalue weighted by molar-refractivity contribution is -0.143. The molecular weight excluding hydrogens is 545 g/mol. The Balaban J connectivity index is 1.57. The maximum Gasteiger partial charge on any atom is 0.416 e. The van der Waals surface area contributed by atoms with Crippen molar-refractivity contribution in [3.05, 3.63) is 87.0 Å². The molecule has 1 aliphatic rings. The number of nitrogens with zero attached hydrogens (tertiary/aromatic N) is 2. The Kier molecular flexibility index (Phi) is 8.74. The van der Waals surface area contributed by atoms with E-state index < -0.39 is 47.9 Å². The molecule has 1 aromatic heterocycles. The summed E-state index contributed by atoms with van der Waals surface area (Å²) in [5.41, 5.74) is -0.517. The second-order valence-electron chi connectivity index (χ2n) is 9.23. The first kappa shape index (κ1) is 29.3. The molecule has 0 saturated carbocycles. The van der Waals surface area contributed by atoms with Gasteiger partial charge in [0.1, 0.15) is 12.3 Å². The first-order chi connectivity index (χ1) is 19.5. The first-order valence-corrected chi connectivity index (χ1v) is 12.8. The zero-order valence-electron chi connectivity index (χ0n) is 22.2. The number of fused-ring (bicyclic) bond motifs is 1. The number of alkyl halides is 3. The highest BCUT2D eigenvalue weighted by atomic mass is 19.4. The number of nitrogens with one attached hydrogen (secondary N) is 2. The molecule has 1 atom stereocenters. The number of aromatic nitrogens is 2. The van der Waals surface area contributed by atoms with E-state index in [0.29, 0.717) is 0 Å². The molecule has 2 heterocycles. The molecule has 216 valence electrons. The third-order valence-electron chi connectivity index (χ3n) is 6.33. The van der Waals surface area contributed by atoms with Gasteiger partial charge in [-0.05, 0) is 37.6 Å². The lowest BCUT2D eigenvalue weighted by atomic mass is 10.0. The molecule has 0 radical (unpaired) electrons. The summed E-state index contributed by atoms with van der Waals surface area (Å²) in [4.78, 5) is 54.4. The number of hydrogen-bond acceptors (Lipinski definition) is 7. The molecule has 2 amide bonds. The van der Waals surface area contributed by atoms with E-state index in [-0.39, 0.29) is 54.0 Å². The Labute approximate surface area is 232 Å². The number of amides is 2. The van der Waals surface area contributed by atoms with Crippen molar-refractivity contribution in [1.82, 2.24) is 20.2 Å². The Morgan fingerprint density at radius 2 is 1.80 bits per heavy atom. The van der Waals surface area contributed by atoms with Gasteiger partial charge in [-0.15, -0.1) is 0 Å². The molecule has 2 aromatic carbocycles. The van der Waals surface area contributed by atoms with Gasteiger partial charge in [0, 0.05) is 6.42 Å². The van der Waals surface area contributed by atoms with Gasteiger partial charge >= 0.3 is 24.1 Å². The number of aryl methyl sites for hydroxylation is 1. The summed E-state index contributed by atoms with van der Waals surface area (Å²) in [7, 11) is 0. The lowest BCUT2D eigenvalue weighted by Gasteiger charge is -2.26. The van der Waals surface area contributed by atoms with E-state index in [2.05, 4.69) is 15.6 Å².